The molecular formula is C25H31N5O2. The maximum atomic E-state index is 11.0. The Morgan fingerprint density at radius 3 is 2.69 bits per heavy atom. The lowest BCUT2D eigenvalue weighted by atomic mass is 9.76. The molecule has 7 heteroatoms. The molecule has 0 unspecified atom stereocenters. The number of aromatic amines is 1. The number of aromatic nitrogens is 4. The molecule has 3 heterocycles. The van der Waals surface area contributed by atoms with Gasteiger partial charge in [0.15, 0.2) is 0 Å². The minimum absolute atomic E-state index is 0.218. The van der Waals surface area contributed by atoms with Gasteiger partial charge in [0.1, 0.15) is 5.69 Å². The molecule has 1 fully saturated rings. The minimum Gasteiger partial charge on any atom is -0.481 e. The summed E-state index contributed by atoms with van der Waals surface area (Å²) in [5, 5.41) is 21.8. The number of hydrogen-bond acceptors (Lipinski definition) is 4. The average Bonchev–Trinajstić information content (AvgIpc) is 3.34. The van der Waals surface area contributed by atoms with Crippen LogP contribution in [0.2, 0.25) is 0 Å². The molecule has 1 aliphatic carbocycles. The summed E-state index contributed by atoms with van der Waals surface area (Å²) in [5.41, 5.74) is 8.24. The van der Waals surface area contributed by atoms with Crippen molar-refractivity contribution in [3.8, 4) is 22.6 Å². The van der Waals surface area contributed by atoms with Gasteiger partial charge in [0, 0.05) is 43.0 Å². The molecule has 2 N–H and O–H groups in total. The first-order valence-corrected chi connectivity index (χ1v) is 11.5. The highest BCUT2D eigenvalue weighted by atomic mass is 16.4. The van der Waals surface area contributed by atoms with Crippen molar-refractivity contribution in [1.29, 1.82) is 0 Å². The van der Waals surface area contributed by atoms with E-state index in [0.29, 0.717) is 18.5 Å². The summed E-state index contributed by atoms with van der Waals surface area (Å²) in [7, 11) is 0. The van der Waals surface area contributed by atoms with Crippen LogP contribution < -0.4 is 0 Å². The van der Waals surface area contributed by atoms with Gasteiger partial charge < -0.3 is 5.11 Å². The van der Waals surface area contributed by atoms with Crippen LogP contribution in [0.4, 0.5) is 0 Å². The third-order valence-corrected chi connectivity index (χ3v) is 6.96. The molecule has 32 heavy (non-hydrogen) atoms. The number of benzene rings is 1. The number of nitrogens with one attached hydrogen (secondary N) is 1. The zero-order valence-electron chi connectivity index (χ0n) is 19.1. The Bertz CT molecular complexity index is 1140. The molecular weight excluding hydrogens is 402 g/mol. The molecule has 3 aromatic rings. The van der Waals surface area contributed by atoms with E-state index in [1.807, 2.05) is 0 Å². The maximum Gasteiger partial charge on any atom is 0.309 e. The van der Waals surface area contributed by atoms with Crippen molar-refractivity contribution in [3.05, 3.63) is 47.2 Å². The summed E-state index contributed by atoms with van der Waals surface area (Å²) in [6, 6.07) is 10.5. The van der Waals surface area contributed by atoms with Crippen molar-refractivity contribution in [1.82, 2.24) is 24.9 Å². The van der Waals surface area contributed by atoms with Crippen molar-refractivity contribution in [2.45, 2.75) is 53.1 Å². The van der Waals surface area contributed by atoms with Crippen molar-refractivity contribution < 1.29 is 9.90 Å². The third-order valence-electron chi connectivity index (χ3n) is 6.96. The van der Waals surface area contributed by atoms with Crippen molar-refractivity contribution in [2.24, 2.45) is 11.3 Å². The molecule has 0 amide bonds. The number of carboxylic acid groups (broad SMARTS) is 1. The first-order chi connectivity index (χ1) is 15.3. The average molecular weight is 434 g/mol. The minimum atomic E-state index is -0.695. The number of rotatable bonds is 6. The van der Waals surface area contributed by atoms with Crippen LogP contribution in [-0.2, 0) is 30.7 Å². The first-order valence-electron chi connectivity index (χ1n) is 11.5. The fourth-order valence-electron chi connectivity index (χ4n) is 4.96. The van der Waals surface area contributed by atoms with E-state index in [1.165, 1.54) is 23.2 Å². The Labute approximate surface area is 188 Å². The topological polar surface area (TPSA) is 87.0 Å². The Hall–Kier alpha value is -2.93. The second-order valence-corrected chi connectivity index (χ2v) is 10.0. The van der Waals surface area contributed by atoms with Gasteiger partial charge in [-0.05, 0) is 43.2 Å². The van der Waals surface area contributed by atoms with Gasteiger partial charge >= 0.3 is 5.97 Å². The molecule has 2 aromatic heterocycles. The molecule has 0 bridgehead atoms. The third kappa shape index (κ3) is 3.86. The summed E-state index contributed by atoms with van der Waals surface area (Å²) in [4.78, 5) is 13.1. The second kappa shape index (κ2) is 7.89. The van der Waals surface area contributed by atoms with Gasteiger partial charge in [-0.3, -0.25) is 19.5 Å². The van der Waals surface area contributed by atoms with E-state index in [-0.39, 0.29) is 5.92 Å². The highest BCUT2D eigenvalue weighted by Crippen LogP contribution is 2.39. The molecule has 5 rings (SSSR count). The van der Waals surface area contributed by atoms with E-state index >= 15 is 0 Å². The molecule has 2 aliphatic rings. The summed E-state index contributed by atoms with van der Waals surface area (Å²) >= 11 is 0. The summed E-state index contributed by atoms with van der Waals surface area (Å²) in [6.07, 6.45) is 3.30. The zero-order chi connectivity index (χ0) is 22.5. The Morgan fingerprint density at radius 2 is 2.00 bits per heavy atom. The summed E-state index contributed by atoms with van der Waals surface area (Å²) < 4.78 is 2.16. The number of likely N-dealkylation sites (tertiary alicyclic amines) is 1. The van der Waals surface area contributed by atoms with Crippen LogP contribution in [0.5, 0.6) is 0 Å². The Morgan fingerprint density at radius 1 is 1.25 bits per heavy atom. The van der Waals surface area contributed by atoms with Crippen LogP contribution >= 0.6 is 0 Å². The number of nitrogens with zero attached hydrogens (tertiary/aromatic N) is 4. The van der Waals surface area contributed by atoms with Gasteiger partial charge in [0.05, 0.1) is 17.3 Å². The number of hydrogen-bond donors (Lipinski definition) is 2. The van der Waals surface area contributed by atoms with E-state index in [2.05, 4.69) is 70.9 Å². The fourth-order valence-corrected chi connectivity index (χ4v) is 4.96. The van der Waals surface area contributed by atoms with Gasteiger partial charge in [-0.15, -0.1) is 0 Å². The lowest BCUT2D eigenvalue weighted by molar-refractivity contribution is -0.147. The molecule has 7 nitrogen and oxygen atoms in total. The molecule has 0 saturated carbocycles. The predicted octanol–water partition coefficient (Wildman–Crippen LogP) is 3.99. The molecule has 0 atom stereocenters. The van der Waals surface area contributed by atoms with Crippen molar-refractivity contribution in [2.75, 3.05) is 13.1 Å². The van der Waals surface area contributed by atoms with Crippen LogP contribution in [0.3, 0.4) is 0 Å². The molecule has 168 valence electrons. The number of H-pyrrole nitrogens is 1. The lowest BCUT2D eigenvalue weighted by Crippen LogP contribution is -2.49. The monoisotopic (exact) mass is 433 g/mol. The number of aryl methyl sites for hydroxylation is 1. The summed E-state index contributed by atoms with van der Waals surface area (Å²) in [5.74, 6) is -0.913. The van der Waals surface area contributed by atoms with E-state index in [1.54, 1.807) is 0 Å². The maximum absolute atomic E-state index is 11.0. The van der Waals surface area contributed by atoms with E-state index in [9.17, 15) is 4.79 Å². The van der Waals surface area contributed by atoms with Crippen molar-refractivity contribution in [3.63, 3.8) is 0 Å². The SMILES string of the molecule is CCn1nc(-c2cc(-c3ccc(CN4CC(C(=O)O)C4)cc3)n[nH]2)c2c1CC(C)(C)CC2. The van der Waals surface area contributed by atoms with Crippen LogP contribution in [0.1, 0.15) is 44.0 Å². The largest absolute Gasteiger partial charge is 0.481 e. The number of aliphatic carboxylic acids is 1. The zero-order valence-corrected chi connectivity index (χ0v) is 19.1. The van der Waals surface area contributed by atoms with Crippen LogP contribution in [0, 0.1) is 11.3 Å². The van der Waals surface area contributed by atoms with E-state index < -0.39 is 5.97 Å². The Balaban J connectivity index is 1.33. The van der Waals surface area contributed by atoms with Crippen LogP contribution in [-0.4, -0.2) is 49.0 Å². The Kier molecular flexibility index (Phi) is 5.16. The van der Waals surface area contributed by atoms with Crippen LogP contribution in [0.15, 0.2) is 30.3 Å². The highest BCUT2D eigenvalue weighted by molar-refractivity contribution is 5.71. The van der Waals surface area contributed by atoms with Gasteiger partial charge in [-0.25, -0.2) is 0 Å². The quantitative estimate of drug-likeness (QED) is 0.614. The fraction of sp³-hybridized carbons (Fsp3) is 0.480. The number of carbonyl (C=O) groups is 1. The van der Waals surface area contributed by atoms with Gasteiger partial charge in [0.2, 0.25) is 0 Å². The smallest absolute Gasteiger partial charge is 0.309 e. The molecule has 1 saturated heterocycles. The molecule has 1 aromatic carbocycles. The molecule has 0 radical (unpaired) electrons. The first kappa shape index (κ1) is 20.9. The second-order valence-electron chi connectivity index (χ2n) is 10.0. The van der Waals surface area contributed by atoms with E-state index in [0.717, 1.165) is 48.6 Å². The van der Waals surface area contributed by atoms with E-state index in [4.69, 9.17) is 10.2 Å². The number of carboxylic acids is 1. The predicted molar refractivity (Wildman–Crippen MR) is 123 cm³/mol. The normalized spacial score (nSPS) is 18.3. The summed E-state index contributed by atoms with van der Waals surface area (Å²) in [6.45, 7) is 9.76. The standard InChI is InChI=1S/C25H31N5O2/c1-4-30-22-12-25(2,3)10-9-19(22)23(28-30)21-11-20(26-27-21)17-7-5-16(6-8-17)13-29-14-18(15-29)24(31)32/h5-8,11,18H,4,9-10,12-15H2,1-3H3,(H,26,27)(H,31,32). The molecule has 0 spiro atoms. The van der Waals surface area contributed by atoms with Crippen molar-refractivity contribution >= 4 is 5.97 Å². The van der Waals surface area contributed by atoms with Gasteiger partial charge in [0.25, 0.3) is 0 Å². The highest BCUT2D eigenvalue weighted by Gasteiger charge is 2.32. The van der Waals surface area contributed by atoms with Crippen LogP contribution in [0.25, 0.3) is 22.6 Å². The lowest BCUT2D eigenvalue weighted by Gasteiger charge is -2.36. The number of fused-ring (bicyclic) bond motifs is 1. The van der Waals surface area contributed by atoms with Gasteiger partial charge in [-0.2, -0.15) is 10.2 Å². The van der Waals surface area contributed by atoms with Gasteiger partial charge in [-0.1, -0.05) is 38.1 Å². The molecule has 1 aliphatic heterocycles.